The fourth-order valence-electron chi connectivity index (χ4n) is 2.87. The fourth-order valence-corrected chi connectivity index (χ4v) is 2.87. The zero-order valence-corrected chi connectivity index (χ0v) is 11.7. The highest BCUT2D eigenvalue weighted by molar-refractivity contribution is 5.77. The van der Waals surface area contributed by atoms with Gasteiger partial charge in [0.2, 0.25) is 5.91 Å². The van der Waals surface area contributed by atoms with E-state index in [0.29, 0.717) is 29.7 Å². The number of nitrogens with zero attached hydrogens (tertiary/aromatic N) is 1. The van der Waals surface area contributed by atoms with E-state index < -0.39 is 5.60 Å². The zero-order valence-electron chi connectivity index (χ0n) is 11.7. The molecule has 112 valence electrons. The molecule has 5 nitrogen and oxygen atoms in total. The molecule has 3 N–H and O–H groups in total. The van der Waals surface area contributed by atoms with Crippen LogP contribution in [0.5, 0.6) is 0 Å². The molecule has 2 aromatic rings. The van der Waals surface area contributed by atoms with Crippen molar-refractivity contribution >= 4 is 16.9 Å². The second-order valence-electron chi connectivity index (χ2n) is 5.73. The zero-order chi connectivity index (χ0) is 14.9. The van der Waals surface area contributed by atoms with E-state index in [2.05, 4.69) is 15.3 Å². The number of benzene rings is 1. The van der Waals surface area contributed by atoms with Crippen molar-refractivity contribution in [1.82, 2.24) is 15.3 Å². The Hall–Kier alpha value is -1.95. The molecule has 6 heteroatoms. The summed E-state index contributed by atoms with van der Waals surface area (Å²) in [5.74, 6) is 0.0542. The van der Waals surface area contributed by atoms with E-state index in [1.54, 1.807) is 6.07 Å². The minimum atomic E-state index is -0.846. The van der Waals surface area contributed by atoms with Gasteiger partial charge >= 0.3 is 0 Å². The molecule has 0 bridgehead atoms. The lowest BCUT2D eigenvalue weighted by molar-refractivity contribution is -0.126. The number of H-pyrrole nitrogens is 1. The molecule has 21 heavy (non-hydrogen) atoms. The van der Waals surface area contributed by atoms with Crippen LogP contribution in [0.15, 0.2) is 18.2 Å². The number of nitrogens with one attached hydrogen (secondary N) is 2. The molecule has 3 rings (SSSR count). The molecule has 1 heterocycles. The number of imidazole rings is 1. The molecule has 0 radical (unpaired) electrons. The average Bonchev–Trinajstić information content (AvgIpc) is 3.02. The van der Waals surface area contributed by atoms with E-state index in [4.69, 9.17) is 0 Å². The summed E-state index contributed by atoms with van der Waals surface area (Å²) >= 11 is 0. The maximum absolute atomic E-state index is 13.1. The monoisotopic (exact) mass is 291 g/mol. The average molecular weight is 291 g/mol. The molecular weight excluding hydrogens is 273 g/mol. The van der Waals surface area contributed by atoms with E-state index in [-0.39, 0.29) is 24.7 Å². The summed E-state index contributed by atoms with van der Waals surface area (Å²) in [6.45, 7) is 0.241. The molecule has 0 unspecified atom stereocenters. The third kappa shape index (κ3) is 3.21. The van der Waals surface area contributed by atoms with Gasteiger partial charge in [-0.05, 0) is 31.0 Å². The van der Waals surface area contributed by atoms with Gasteiger partial charge in [0.25, 0.3) is 0 Å². The topological polar surface area (TPSA) is 78.0 Å². The number of rotatable bonds is 4. The Labute approximate surface area is 121 Å². The maximum atomic E-state index is 13.1. The molecule has 1 fully saturated rings. The third-order valence-corrected chi connectivity index (χ3v) is 3.97. The van der Waals surface area contributed by atoms with Gasteiger partial charge in [0.05, 0.1) is 29.6 Å². The lowest BCUT2D eigenvalue weighted by atomic mass is 9.98. The predicted octanol–water partition coefficient (Wildman–Crippen LogP) is 2.01. The van der Waals surface area contributed by atoms with Crippen LogP contribution in [0.25, 0.3) is 11.0 Å². The molecule has 1 aromatic carbocycles. The van der Waals surface area contributed by atoms with Crippen LogP contribution in [-0.2, 0) is 11.3 Å². The second kappa shape index (κ2) is 5.44. The van der Waals surface area contributed by atoms with Crippen molar-refractivity contribution in [2.75, 3.05) is 0 Å². The van der Waals surface area contributed by atoms with Crippen molar-refractivity contribution < 1.29 is 14.3 Å². The number of aliphatic hydroxyl groups is 1. The Balaban J connectivity index is 1.59. The minimum Gasteiger partial charge on any atom is -0.389 e. The first-order chi connectivity index (χ1) is 10.0. The van der Waals surface area contributed by atoms with E-state index >= 15 is 0 Å². The number of carbonyl (C=O) groups excluding carboxylic acids is 1. The van der Waals surface area contributed by atoms with Gasteiger partial charge in [-0.3, -0.25) is 4.79 Å². The van der Waals surface area contributed by atoms with Crippen LogP contribution in [0.1, 0.15) is 37.9 Å². The van der Waals surface area contributed by atoms with Gasteiger partial charge in [-0.2, -0.15) is 0 Å². The largest absolute Gasteiger partial charge is 0.389 e. The Morgan fingerprint density at radius 1 is 1.43 bits per heavy atom. The van der Waals surface area contributed by atoms with Gasteiger partial charge < -0.3 is 15.4 Å². The first-order valence-electron chi connectivity index (χ1n) is 7.17. The number of halogens is 1. The molecule has 0 spiro atoms. The molecular formula is C15H18FN3O2. The highest BCUT2D eigenvalue weighted by Gasteiger charge is 2.33. The van der Waals surface area contributed by atoms with Gasteiger partial charge in [-0.1, -0.05) is 12.8 Å². The van der Waals surface area contributed by atoms with Crippen LogP contribution in [0.3, 0.4) is 0 Å². The SMILES string of the molecule is O=C(CC1(O)CCCC1)NCc1nc2ccc(F)cc2[nH]1. The lowest BCUT2D eigenvalue weighted by Gasteiger charge is -2.20. The van der Waals surface area contributed by atoms with Gasteiger partial charge in [0.15, 0.2) is 0 Å². The number of aromatic nitrogens is 2. The van der Waals surface area contributed by atoms with Crippen LogP contribution in [0, 0.1) is 5.82 Å². The number of fused-ring (bicyclic) bond motifs is 1. The van der Waals surface area contributed by atoms with Crippen LogP contribution < -0.4 is 5.32 Å². The highest BCUT2D eigenvalue weighted by Crippen LogP contribution is 2.32. The normalized spacial score (nSPS) is 17.2. The van der Waals surface area contributed by atoms with Gasteiger partial charge in [0, 0.05) is 0 Å². The highest BCUT2D eigenvalue weighted by atomic mass is 19.1. The number of aromatic amines is 1. The quantitative estimate of drug-likeness (QED) is 0.806. The van der Waals surface area contributed by atoms with E-state index in [9.17, 15) is 14.3 Å². The molecule has 0 saturated heterocycles. The summed E-state index contributed by atoms with van der Waals surface area (Å²) in [5, 5.41) is 12.9. The first kappa shape index (κ1) is 14.0. The smallest absolute Gasteiger partial charge is 0.223 e. The first-order valence-corrected chi connectivity index (χ1v) is 7.17. The summed E-state index contributed by atoms with van der Waals surface area (Å²) in [6, 6.07) is 4.31. The lowest BCUT2D eigenvalue weighted by Crippen LogP contribution is -2.34. The number of amides is 1. The molecule has 1 saturated carbocycles. The fraction of sp³-hybridized carbons (Fsp3) is 0.467. The van der Waals surface area contributed by atoms with Gasteiger partial charge in [-0.15, -0.1) is 0 Å². The third-order valence-electron chi connectivity index (χ3n) is 3.97. The van der Waals surface area contributed by atoms with Gasteiger partial charge in [0.1, 0.15) is 11.6 Å². The second-order valence-corrected chi connectivity index (χ2v) is 5.73. The number of hydrogen-bond donors (Lipinski definition) is 3. The molecule has 1 aliphatic carbocycles. The molecule has 1 amide bonds. The molecule has 0 atom stereocenters. The Kier molecular flexibility index (Phi) is 3.63. The Bertz CT molecular complexity index is 662. The van der Waals surface area contributed by atoms with Crippen molar-refractivity contribution in [3.63, 3.8) is 0 Å². The standard InChI is InChI=1S/C15H18FN3O2/c16-10-3-4-11-12(7-10)19-13(18-11)9-17-14(20)8-15(21)5-1-2-6-15/h3-4,7,21H,1-2,5-6,8-9H2,(H,17,20)(H,18,19). The van der Waals surface area contributed by atoms with Gasteiger partial charge in [-0.25, -0.2) is 9.37 Å². The summed E-state index contributed by atoms with van der Waals surface area (Å²) < 4.78 is 13.1. The number of carbonyl (C=O) groups is 1. The summed E-state index contributed by atoms with van der Waals surface area (Å²) in [5.41, 5.74) is 0.421. The molecule has 1 aromatic heterocycles. The van der Waals surface area contributed by atoms with E-state index in [1.165, 1.54) is 12.1 Å². The van der Waals surface area contributed by atoms with Crippen LogP contribution in [0.2, 0.25) is 0 Å². The van der Waals surface area contributed by atoms with Crippen molar-refractivity contribution in [3.8, 4) is 0 Å². The predicted molar refractivity (Wildman–Crippen MR) is 75.9 cm³/mol. The van der Waals surface area contributed by atoms with E-state index in [1.807, 2.05) is 0 Å². The van der Waals surface area contributed by atoms with Crippen molar-refractivity contribution in [2.24, 2.45) is 0 Å². The summed E-state index contributed by atoms with van der Waals surface area (Å²) in [6.07, 6.45) is 3.44. The molecule has 1 aliphatic rings. The number of hydrogen-bond acceptors (Lipinski definition) is 3. The molecule has 0 aliphatic heterocycles. The van der Waals surface area contributed by atoms with Crippen LogP contribution in [0.4, 0.5) is 4.39 Å². The Morgan fingerprint density at radius 3 is 2.95 bits per heavy atom. The van der Waals surface area contributed by atoms with Crippen molar-refractivity contribution in [2.45, 2.75) is 44.2 Å². The summed E-state index contributed by atoms with van der Waals surface area (Å²) in [7, 11) is 0. The summed E-state index contributed by atoms with van der Waals surface area (Å²) in [4.78, 5) is 19.1. The van der Waals surface area contributed by atoms with Crippen LogP contribution >= 0.6 is 0 Å². The van der Waals surface area contributed by atoms with Crippen LogP contribution in [-0.4, -0.2) is 26.6 Å². The Morgan fingerprint density at radius 2 is 2.19 bits per heavy atom. The maximum Gasteiger partial charge on any atom is 0.223 e. The van der Waals surface area contributed by atoms with E-state index in [0.717, 1.165) is 12.8 Å². The van der Waals surface area contributed by atoms with Crippen molar-refractivity contribution in [1.29, 1.82) is 0 Å². The van der Waals surface area contributed by atoms with Crippen molar-refractivity contribution in [3.05, 3.63) is 29.8 Å². The minimum absolute atomic E-state index is 0.127.